The largest absolute Gasteiger partial charge is 0.491 e. The summed E-state index contributed by atoms with van der Waals surface area (Å²) in [6.45, 7) is 4.13. The van der Waals surface area contributed by atoms with Gasteiger partial charge in [-0.05, 0) is 37.6 Å². The number of nitrogens with zero attached hydrogens (tertiary/aromatic N) is 1. The molecule has 0 saturated carbocycles. The van der Waals surface area contributed by atoms with E-state index in [1.54, 1.807) is 6.07 Å². The average molecular weight is 243 g/mol. The lowest BCUT2D eigenvalue weighted by Gasteiger charge is -2.14. The highest BCUT2D eigenvalue weighted by Crippen LogP contribution is 2.20. The molecule has 1 heterocycles. The Morgan fingerprint density at radius 3 is 2.89 bits per heavy atom. The molecule has 0 saturated heterocycles. The Morgan fingerprint density at radius 2 is 2.17 bits per heavy atom. The van der Waals surface area contributed by atoms with Gasteiger partial charge in [0, 0.05) is 18.0 Å². The first-order valence-corrected chi connectivity index (χ1v) is 6.14. The zero-order valence-corrected chi connectivity index (χ0v) is 10.7. The van der Waals surface area contributed by atoms with E-state index in [0.29, 0.717) is 5.69 Å². The molecule has 0 aliphatic rings. The smallest absolute Gasteiger partial charge is 0.166 e. The van der Waals surface area contributed by atoms with Crippen LogP contribution < -0.4 is 4.74 Å². The minimum atomic E-state index is 0.190. The van der Waals surface area contributed by atoms with Gasteiger partial charge >= 0.3 is 0 Å². The number of hydrogen-bond acceptors (Lipinski definition) is 2. The van der Waals surface area contributed by atoms with Crippen LogP contribution in [0.2, 0.25) is 0 Å². The Hall–Kier alpha value is -2.03. The van der Waals surface area contributed by atoms with Crippen molar-refractivity contribution < 1.29 is 9.53 Å². The second kappa shape index (κ2) is 5.54. The highest BCUT2D eigenvalue weighted by atomic mass is 16.5. The second-order valence-corrected chi connectivity index (χ2v) is 4.25. The van der Waals surface area contributed by atoms with Crippen molar-refractivity contribution >= 4 is 6.29 Å². The minimum Gasteiger partial charge on any atom is -0.491 e. The van der Waals surface area contributed by atoms with Gasteiger partial charge in [-0.25, -0.2) is 0 Å². The van der Waals surface area contributed by atoms with Crippen molar-refractivity contribution in [2.75, 3.05) is 0 Å². The molecule has 0 fully saturated rings. The molecule has 2 aromatic rings. The highest BCUT2D eigenvalue weighted by Gasteiger charge is 2.05. The first-order valence-electron chi connectivity index (χ1n) is 6.14. The van der Waals surface area contributed by atoms with Crippen LogP contribution in [0.4, 0.5) is 0 Å². The van der Waals surface area contributed by atoms with Gasteiger partial charge in [0.15, 0.2) is 6.29 Å². The molecular weight excluding hydrogens is 226 g/mol. The van der Waals surface area contributed by atoms with Crippen LogP contribution in [0.15, 0.2) is 42.6 Å². The zero-order chi connectivity index (χ0) is 13.0. The van der Waals surface area contributed by atoms with Crippen LogP contribution >= 0.6 is 0 Å². The Balaban J connectivity index is 2.29. The number of aldehydes is 1. The van der Waals surface area contributed by atoms with Crippen molar-refractivity contribution in [3.8, 4) is 11.4 Å². The van der Waals surface area contributed by atoms with E-state index in [2.05, 4.69) is 6.92 Å². The lowest BCUT2D eigenvalue weighted by Crippen LogP contribution is -2.10. The molecule has 0 N–H and O–H groups in total. The van der Waals surface area contributed by atoms with E-state index in [9.17, 15) is 4.79 Å². The predicted octanol–water partition coefficient (Wildman–Crippen LogP) is 3.47. The molecule has 2 rings (SSSR count). The number of ether oxygens (including phenoxy) is 1. The topological polar surface area (TPSA) is 31.2 Å². The monoisotopic (exact) mass is 243 g/mol. The molecule has 1 atom stereocenters. The van der Waals surface area contributed by atoms with Gasteiger partial charge in [0.25, 0.3) is 0 Å². The molecule has 0 radical (unpaired) electrons. The third-order valence-corrected chi connectivity index (χ3v) is 2.91. The first-order chi connectivity index (χ1) is 8.74. The zero-order valence-electron chi connectivity index (χ0n) is 10.7. The van der Waals surface area contributed by atoms with Crippen LogP contribution in [0.3, 0.4) is 0 Å². The molecule has 0 aliphatic carbocycles. The number of hydrogen-bond donors (Lipinski definition) is 0. The van der Waals surface area contributed by atoms with Gasteiger partial charge in [0.2, 0.25) is 0 Å². The number of carbonyl (C=O) groups is 1. The van der Waals surface area contributed by atoms with Crippen LogP contribution in [0.5, 0.6) is 5.75 Å². The maximum absolute atomic E-state index is 10.9. The fourth-order valence-electron chi connectivity index (χ4n) is 1.75. The van der Waals surface area contributed by atoms with Gasteiger partial charge in [-0.3, -0.25) is 4.79 Å². The lowest BCUT2D eigenvalue weighted by molar-refractivity contribution is 0.111. The van der Waals surface area contributed by atoms with Gasteiger partial charge in [-0.2, -0.15) is 0 Å². The molecular formula is C15H17NO2. The molecule has 1 unspecified atom stereocenters. The SMILES string of the molecule is CCC(C)Oc1cccc(-n2cccc2C=O)c1. The number of aromatic nitrogens is 1. The van der Waals surface area contributed by atoms with E-state index in [4.69, 9.17) is 4.74 Å². The normalized spacial score (nSPS) is 12.1. The van der Waals surface area contributed by atoms with Crippen molar-refractivity contribution in [1.29, 1.82) is 0 Å². The molecule has 3 nitrogen and oxygen atoms in total. The lowest BCUT2D eigenvalue weighted by atomic mass is 10.2. The number of rotatable bonds is 5. The van der Waals surface area contributed by atoms with Gasteiger partial charge < -0.3 is 9.30 Å². The highest BCUT2D eigenvalue weighted by molar-refractivity contribution is 5.73. The third kappa shape index (κ3) is 2.62. The summed E-state index contributed by atoms with van der Waals surface area (Å²) in [6, 6.07) is 11.4. The van der Waals surface area contributed by atoms with E-state index in [1.165, 1.54) is 0 Å². The van der Waals surface area contributed by atoms with Crippen LogP contribution in [-0.2, 0) is 0 Å². The van der Waals surface area contributed by atoms with Crippen LogP contribution in [0, 0.1) is 0 Å². The van der Waals surface area contributed by atoms with Crippen molar-refractivity contribution in [3.63, 3.8) is 0 Å². The fourth-order valence-corrected chi connectivity index (χ4v) is 1.75. The van der Waals surface area contributed by atoms with E-state index >= 15 is 0 Å². The van der Waals surface area contributed by atoms with Crippen LogP contribution in [0.1, 0.15) is 30.8 Å². The van der Waals surface area contributed by atoms with E-state index < -0.39 is 0 Å². The van der Waals surface area contributed by atoms with Crippen LogP contribution in [0.25, 0.3) is 5.69 Å². The maximum atomic E-state index is 10.9. The average Bonchev–Trinajstić information content (AvgIpc) is 2.87. The van der Waals surface area contributed by atoms with E-state index in [0.717, 1.165) is 24.1 Å². The van der Waals surface area contributed by atoms with Crippen molar-refractivity contribution in [3.05, 3.63) is 48.3 Å². The van der Waals surface area contributed by atoms with Crippen LogP contribution in [-0.4, -0.2) is 17.0 Å². The summed E-state index contributed by atoms with van der Waals surface area (Å²) in [4.78, 5) is 10.9. The van der Waals surface area contributed by atoms with Gasteiger partial charge in [-0.1, -0.05) is 13.0 Å². The Morgan fingerprint density at radius 1 is 1.33 bits per heavy atom. The number of carbonyl (C=O) groups excluding carboxylic acids is 1. The summed E-state index contributed by atoms with van der Waals surface area (Å²) < 4.78 is 7.62. The molecule has 94 valence electrons. The third-order valence-electron chi connectivity index (χ3n) is 2.91. The fraction of sp³-hybridized carbons (Fsp3) is 0.267. The second-order valence-electron chi connectivity index (χ2n) is 4.25. The molecule has 1 aromatic carbocycles. The molecule has 0 aliphatic heterocycles. The van der Waals surface area contributed by atoms with E-state index in [-0.39, 0.29) is 6.10 Å². The Bertz CT molecular complexity index is 531. The standard InChI is InChI=1S/C15H17NO2/c1-3-12(2)18-15-8-4-6-13(10-15)16-9-5-7-14(16)11-17/h4-12H,3H2,1-2H3. The maximum Gasteiger partial charge on any atom is 0.166 e. The summed E-state index contributed by atoms with van der Waals surface area (Å²) in [7, 11) is 0. The predicted molar refractivity (Wildman–Crippen MR) is 71.5 cm³/mol. The Labute approximate surface area is 107 Å². The quantitative estimate of drug-likeness (QED) is 0.753. The molecule has 1 aromatic heterocycles. The van der Waals surface area contributed by atoms with Gasteiger partial charge in [0.05, 0.1) is 11.8 Å². The van der Waals surface area contributed by atoms with E-state index in [1.807, 2.05) is 48.0 Å². The molecule has 0 amide bonds. The minimum absolute atomic E-state index is 0.190. The van der Waals surface area contributed by atoms with Gasteiger partial charge in [0.1, 0.15) is 5.75 Å². The van der Waals surface area contributed by atoms with Crippen molar-refractivity contribution in [1.82, 2.24) is 4.57 Å². The van der Waals surface area contributed by atoms with Crippen molar-refractivity contribution in [2.45, 2.75) is 26.4 Å². The van der Waals surface area contributed by atoms with Crippen molar-refractivity contribution in [2.24, 2.45) is 0 Å². The Kier molecular flexibility index (Phi) is 3.82. The summed E-state index contributed by atoms with van der Waals surface area (Å²) in [5.74, 6) is 0.826. The molecule has 3 heteroatoms. The molecule has 18 heavy (non-hydrogen) atoms. The summed E-state index contributed by atoms with van der Waals surface area (Å²) in [5.41, 5.74) is 1.57. The summed E-state index contributed by atoms with van der Waals surface area (Å²) in [5, 5.41) is 0. The summed E-state index contributed by atoms with van der Waals surface area (Å²) in [6.07, 6.45) is 3.87. The molecule has 0 bridgehead atoms. The first kappa shape index (κ1) is 12.4. The number of benzene rings is 1. The van der Waals surface area contributed by atoms with Gasteiger partial charge in [-0.15, -0.1) is 0 Å². The summed E-state index contributed by atoms with van der Waals surface area (Å²) >= 11 is 0. The molecule has 0 spiro atoms.